The highest BCUT2D eigenvalue weighted by molar-refractivity contribution is 9.10. The van der Waals surface area contributed by atoms with Crippen LogP contribution in [-0.4, -0.2) is 41.1 Å². The summed E-state index contributed by atoms with van der Waals surface area (Å²) >= 11 is 3.17. The van der Waals surface area contributed by atoms with Crippen molar-refractivity contribution in [1.82, 2.24) is 4.90 Å². The zero-order valence-corrected chi connectivity index (χ0v) is 12.0. The van der Waals surface area contributed by atoms with E-state index in [2.05, 4.69) is 15.9 Å². The Balaban J connectivity index is 3.02. The molecule has 110 valence electrons. The molecule has 1 rings (SSSR count). The molecule has 20 heavy (non-hydrogen) atoms. The molecule has 0 aliphatic rings. The average molecular weight is 354 g/mol. The minimum atomic E-state index is -4.66. The number of aryl methyl sites for hydroxylation is 1. The SMILES string of the molecule is Cc1ccc(C(=O)N(CC(=O)O)CC(F)(F)F)cc1Br. The highest BCUT2D eigenvalue weighted by Crippen LogP contribution is 2.21. The highest BCUT2D eigenvalue weighted by Gasteiger charge is 2.34. The molecule has 0 aliphatic heterocycles. The molecular formula is C12H11BrF3NO3. The maximum Gasteiger partial charge on any atom is 0.406 e. The molecular weight excluding hydrogens is 343 g/mol. The van der Waals surface area contributed by atoms with Gasteiger partial charge in [0.05, 0.1) is 0 Å². The summed E-state index contributed by atoms with van der Waals surface area (Å²) in [6, 6.07) is 4.28. The lowest BCUT2D eigenvalue weighted by molar-refractivity contribution is -0.149. The summed E-state index contributed by atoms with van der Waals surface area (Å²) in [5.41, 5.74) is 0.801. The first-order valence-corrected chi connectivity index (χ1v) is 6.23. The summed E-state index contributed by atoms with van der Waals surface area (Å²) in [6.07, 6.45) is -4.66. The van der Waals surface area contributed by atoms with Crippen molar-refractivity contribution >= 4 is 27.8 Å². The van der Waals surface area contributed by atoms with Crippen molar-refractivity contribution in [3.63, 3.8) is 0 Å². The van der Waals surface area contributed by atoms with E-state index < -0.39 is 31.1 Å². The molecule has 1 aromatic rings. The maximum absolute atomic E-state index is 12.4. The van der Waals surface area contributed by atoms with Gasteiger partial charge in [0.25, 0.3) is 5.91 Å². The first kappa shape index (κ1) is 16.5. The zero-order valence-electron chi connectivity index (χ0n) is 10.4. The average Bonchev–Trinajstić information content (AvgIpc) is 2.28. The number of alkyl halides is 3. The van der Waals surface area contributed by atoms with Crippen molar-refractivity contribution in [2.24, 2.45) is 0 Å². The summed E-state index contributed by atoms with van der Waals surface area (Å²) in [4.78, 5) is 22.8. The molecule has 0 unspecified atom stereocenters. The summed E-state index contributed by atoms with van der Waals surface area (Å²) in [5, 5.41) is 8.60. The Morgan fingerprint density at radius 1 is 1.35 bits per heavy atom. The van der Waals surface area contributed by atoms with Gasteiger partial charge in [0.15, 0.2) is 0 Å². The van der Waals surface area contributed by atoms with Crippen LogP contribution >= 0.6 is 15.9 Å². The molecule has 8 heteroatoms. The number of hydrogen-bond donors (Lipinski definition) is 1. The van der Waals surface area contributed by atoms with Gasteiger partial charge in [0, 0.05) is 10.0 Å². The summed E-state index contributed by atoms with van der Waals surface area (Å²) < 4.78 is 37.7. The number of benzene rings is 1. The predicted octanol–water partition coefficient (Wildman–Crippen LogP) is 2.85. The maximum atomic E-state index is 12.4. The number of aliphatic carboxylic acids is 1. The quantitative estimate of drug-likeness (QED) is 0.905. The van der Waals surface area contributed by atoms with Crippen molar-refractivity contribution in [2.45, 2.75) is 13.1 Å². The van der Waals surface area contributed by atoms with E-state index >= 15 is 0 Å². The molecule has 0 atom stereocenters. The molecule has 1 aromatic carbocycles. The summed E-state index contributed by atoms with van der Waals surface area (Å²) in [7, 11) is 0. The van der Waals surface area contributed by atoms with E-state index in [0.29, 0.717) is 4.47 Å². The van der Waals surface area contributed by atoms with Gasteiger partial charge in [-0.3, -0.25) is 9.59 Å². The molecule has 0 saturated heterocycles. The van der Waals surface area contributed by atoms with Gasteiger partial charge in [-0.25, -0.2) is 0 Å². The predicted molar refractivity (Wildman–Crippen MR) is 68.5 cm³/mol. The molecule has 1 N–H and O–H groups in total. The van der Waals surface area contributed by atoms with E-state index in [1.54, 1.807) is 13.0 Å². The minimum absolute atomic E-state index is 0.00650. The van der Waals surface area contributed by atoms with Crippen molar-refractivity contribution in [1.29, 1.82) is 0 Å². The second kappa shape index (κ2) is 6.25. The molecule has 0 spiro atoms. The standard InChI is InChI=1S/C12H11BrF3NO3/c1-7-2-3-8(4-9(7)13)11(20)17(5-10(18)19)6-12(14,15)16/h2-4H,5-6H2,1H3,(H,18,19). The van der Waals surface area contributed by atoms with Gasteiger partial charge in [-0.15, -0.1) is 0 Å². The first-order chi connectivity index (χ1) is 9.10. The zero-order chi connectivity index (χ0) is 15.5. The third kappa shape index (κ3) is 4.84. The molecule has 0 aromatic heterocycles. The molecule has 0 aliphatic carbocycles. The summed E-state index contributed by atoms with van der Waals surface area (Å²) in [6.45, 7) is -0.865. The Hall–Kier alpha value is -1.57. The van der Waals surface area contributed by atoms with Crippen LogP contribution < -0.4 is 0 Å². The van der Waals surface area contributed by atoms with E-state index in [0.717, 1.165) is 5.56 Å². The smallest absolute Gasteiger partial charge is 0.406 e. The Labute approximate surface area is 121 Å². The Bertz CT molecular complexity index is 531. The largest absolute Gasteiger partial charge is 0.480 e. The minimum Gasteiger partial charge on any atom is -0.480 e. The summed E-state index contributed by atoms with van der Waals surface area (Å²) in [5.74, 6) is -2.49. The van der Waals surface area contributed by atoms with Gasteiger partial charge in [0.2, 0.25) is 0 Å². The van der Waals surface area contributed by atoms with Gasteiger partial charge in [-0.2, -0.15) is 13.2 Å². The monoisotopic (exact) mass is 353 g/mol. The van der Waals surface area contributed by atoms with E-state index in [1.165, 1.54) is 12.1 Å². The van der Waals surface area contributed by atoms with E-state index in [1.807, 2.05) is 0 Å². The van der Waals surface area contributed by atoms with Gasteiger partial charge in [-0.1, -0.05) is 22.0 Å². The van der Waals surface area contributed by atoms with E-state index in [9.17, 15) is 22.8 Å². The number of halogens is 4. The number of carbonyl (C=O) groups excluding carboxylic acids is 1. The normalized spacial score (nSPS) is 11.2. The van der Waals surface area contributed by atoms with Crippen LogP contribution in [0.4, 0.5) is 13.2 Å². The van der Waals surface area contributed by atoms with Crippen LogP contribution in [0, 0.1) is 6.92 Å². The second-order valence-corrected chi connectivity index (χ2v) is 4.99. The van der Waals surface area contributed by atoms with Crippen LogP contribution in [0.1, 0.15) is 15.9 Å². The third-order valence-electron chi connectivity index (χ3n) is 2.40. The van der Waals surface area contributed by atoms with Crippen molar-refractivity contribution < 1.29 is 27.9 Å². The van der Waals surface area contributed by atoms with Crippen LogP contribution in [0.2, 0.25) is 0 Å². The number of amides is 1. The molecule has 0 bridgehead atoms. The van der Waals surface area contributed by atoms with Crippen molar-refractivity contribution in [3.05, 3.63) is 33.8 Å². The van der Waals surface area contributed by atoms with Gasteiger partial charge in [-0.05, 0) is 24.6 Å². The van der Waals surface area contributed by atoms with Gasteiger partial charge in [0.1, 0.15) is 13.1 Å². The lowest BCUT2D eigenvalue weighted by atomic mass is 10.1. The highest BCUT2D eigenvalue weighted by atomic mass is 79.9. The lowest BCUT2D eigenvalue weighted by Gasteiger charge is -2.22. The van der Waals surface area contributed by atoms with Crippen LogP contribution in [0.25, 0.3) is 0 Å². The van der Waals surface area contributed by atoms with Crippen LogP contribution in [0.15, 0.2) is 22.7 Å². The number of carboxylic acids is 1. The second-order valence-electron chi connectivity index (χ2n) is 4.13. The third-order valence-corrected chi connectivity index (χ3v) is 3.26. The topological polar surface area (TPSA) is 57.6 Å². The Kier molecular flexibility index (Phi) is 5.15. The number of carbonyl (C=O) groups is 2. The van der Waals surface area contributed by atoms with Crippen LogP contribution in [-0.2, 0) is 4.79 Å². The van der Waals surface area contributed by atoms with E-state index in [4.69, 9.17) is 5.11 Å². The Morgan fingerprint density at radius 2 is 1.95 bits per heavy atom. The molecule has 0 radical (unpaired) electrons. The van der Waals surface area contributed by atoms with Gasteiger partial charge >= 0.3 is 12.1 Å². The molecule has 4 nitrogen and oxygen atoms in total. The van der Waals surface area contributed by atoms with Gasteiger partial charge < -0.3 is 10.0 Å². The molecule has 0 fully saturated rings. The lowest BCUT2D eigenvalue weighted by Crippen LogP contribution is -2.42. The van der Waals surface area contributed by atoms with Crippen molar-refractivity contribution in [3.8, 4) is 0 Å². The number of rotatable bonds is 4. The van der Waals surface area contributed by atoms with Crippen molar-refractivity contribution in [2.75, 3.05) is 13.1 Å². The Morgan fingerprint density at radius 3 is 2.40 bits per heavy atom. The fourth-order valence-corrected chi connectivity index (χ4v) is 1.87. The molecule has 0 heterocycles. The number of nitrogens with zero attached hydrogens (tertiary/aromatic N) is 1. The number of carboxylic acid groups (broad SMARTS) is 1. The fourth-order valence-electron chi connectivity index (χ4n) is 1.49. The van der Waals surface area contributed by atoms with Crippen LogP contribution in [0.5, 0.6) is 0 Å². The molecule has 0 saturated carbocycles. The molecule has 1 amide bonds. The first-order valence-electron chi connectivity index (χ1n) is 5.44. The van der Waals surface area contributed by atoms with Crippen LogP contribution in [0.3, 0.4) is 0 Å². The fraction of sp³-hybridized carbons (Fsp3) is 0.333. The number of hydrogen-bond acceptors (Lipinski definition) is 2. The van der Waals surface area contributed by atoms with E-state index in [-0.39, 0.29) is 10.5 Å².